The zero-order chi connectivity index (χ0) is 11.5. The molecule has 2 aromatic rings. The van der Waals surface area contributed by atoms with Crippen molar-refractivity contribution in [3.05, 3.63) is 39.3 Å². The second-order valence-corrected chi connectivity index (χ2v) is 4.36. The third-order valence-electron chi connectivity index (χ3n) is 1.98. The Morgan fingerprint density at radius 3 is 3.06 bits per heavy atom. The van der Waals surface area contributed by atoms with Gasteiger partial charge in [0.05, 0.1) is 12.2 Å². The number of nitrogens with two attached hydrogens (primary N) is 1. The molecule has 0 bridgehead atoms. The Morgan fingerprint density at radius 2 is 2.38 bits per heavy atom. The Kier molecular flexibility index (Phi) is 2.97. The Morgan fingerprint density at radius 1 is 1.56 bits per heavy atom. The number of hydrogen-bond acceptors (Lipinski definition) is 6. The quantitative estimate of drug-likeness (QED) is 0.594. The van der Waals surface area contributed by atoms with Crippen LogP contribution in [-0.2, 0) is 6.54 Å². The maximum absolute atomic E-state index is 11.5. The Bertz CT molecular complexity index is 547. The molecule has 0 saturated carbocycles. The van der Waals surface area contributed by atoms with Crippen molar-refractivity contribution in [1.29, 1.82) is 0 Å². The van der Waals surface area contributed by atoms with Crippen molar-refractivity contribution in [1.82, 2.24) is 14.8 Å². The van der Waals surface area contributed by atoms with Crippen molar-refractivity contribution < 1.29 is 0 Å². The van der Waals surface area contributed by atoms with Crippen molar-refractivity contribution in [2.45, 2.75) is 13.5 Å². The number of hydrogen-bond donors (Lipinski definition) is 2. The highest BCUT2D eigenvalue weighted by Gasteiger charge is 2.03. The second kappa shape index (κ2) is 4.42. The van der Waals surface area contributed by atoms with E-state index in [4.69, 9.17) is 5.84 Å². The standard InChI is InChI=1S/C9H11N5OS/c1-6-2-3-8(15)14(13-6)5-7-4-11-9(12-10)16-7/h2-4H,5,10H2,1H3,(H,11,12). The van der Waals surface area contributed by atoms with E-state index >= 15 is 0 Å². The van der Waals surface area contributed by atoms with Gasteiger partial charge >= 0.3 is 0 Å². The van der Waals surface area contributed by atoms with Gasteiger partial charge < -0.3 is 0 Å². The van der Waals surface area contributed by atoms with Crippen molar-refractivity contribution in [3.8, 4) is 0 Å². The smallest absolute Gasteiger partial charge is 0.267 e. The largest absolute Gasteiger partial charge is 0.300 e. The van der Waals surface area contributed by atoms with Gasteiger partial charge in [0.25, 0.3) is 5.56 Å². The molecule has 2 rings (SSSR count). The van der Waals surface area contributed by atoms with Crippen molar-refractivity contribution >= 4 is 16.5 Å². The van der Waals surface area contributed by atoms with Crippen LogP contribution in [0.25, 0.3) is 0 Å². The maximum Gasteiger partial charge on any atom is 0.267 e. The van der Waals surface area contributed by atoms with Crippen LogP contribution in [-0.4, -0.2) is 14.8 Å². The third kappa shape index (κ3) is 2.26. The average Bonchev–Trinajstić information content (AvgIpc) is 2.71. The van der Waals surface area contributed by atoms with Crippen LogP contribution in [0.2, 0.25) is 0 Å². The fourth-order valence-corrected chi connectivity index (χ4v) is 1.96. The molecule has 84 valence electrons. The molecule has 16 heavy (non-hydrogen) atoms. The molecule has 0 saturated heterocycles. The van der Waals surface area contributed by atoms with E-state index in [-0.39, 0.29) is 5.56 Å². The lowest BCUT2D eigenvalue weighted by atomic mass is 10.4. The highest BCUT2D eigenvalue weighted by molar-refractivity contribution is 7.15. The summed E-state index contributed by atoms with van der Waals surface area (Å²) in [6.07, 6.45) is 1.68. The third-order valence-corrected chi connectivity index (χ3v) is 2.90. The summed E-state index contributed by atoms with van der Waals surface area (Å²) in [4.78, 5) is 16.4. The minimum atomic E-state index is -0.124. The molecular weight excluding hydrogens is 226 g/mol. The summed E-state index contributed by atoms with van der Waals surface area (Å²) in [7, 11) is 0. The zero-order valence-corrected chi connectivity index (χ0v) is 9.49. The number of thiazole rings is 1. The first-order valence-corrected chi connectivity index (χ1v) is 5.47. The number of nitrogens with one attached hydrogen (secondary N) is 1. The monoisotopic (exact) mass is 237 g/mol. The van der Waals surface area contributed by atoms with Crippen LogP contribution in [0.5, 0.6) is 0 Å². The van der Waals surface area contributed by atoms with E-state index in [1.165, 1.54) is 22.1 Å². The van der Waals surface area contributed by atoms with E-state index in [9.17, 15) is 4.79 Å². The van der Waals surface area contributed by atoms with Gasteiger partial charge in [-0.2, -0.15) is 5.10 Å². The summed E-state index contributed by atoms with van der Waals surface area (Å²) >= 11 is 1.40. The first-order chi connectivity index (χ1) is 7.69. The normalized spacial score (nSPS) is 10.4. The first-order valence-electron chi connectivity index (χ1n) is 4.65. The summed E-state index contributed by atoms with van der Waals surface area (Å²) in [6, 6.07) is 3.20. The predicted octanol–water partition coefficient (Wildman–Crippen LogP) is 0.342. The summed E-state index contributed by atoms with van der Waals surface area (Å²) in [5.41, 5.74) is 3.14. The predicted molar refractivity (Wildman–Crippen MR) is 62.3 cm³/mol. The average molecular weight is 237 g/mol. The Labute approximate surface area is 95.7 Å². The number of aromatic nitrogens is 3. The van der Waals surface area contributed by atoms with Gasteiger partial charge in [0.1, 0.15) is 0 Å². The van der Waals surface area contributed by atoms with E-state index < -0.39 is 0 Å². The van der Waals surface area contributed by atoms with Gasteiger partial charge in [0.15, 0.2) is 5.13 Å². The fraction of sp³-hybridized carbons (Fsp3) is 0.222. The van der Waals surface area contributed by atoms with Crippen molar-refractivity contribution in [3.63, 3.8) is 0 Å². The van der Waals surface area contributed by atoms with Crippen LogP contribution in [0.15, 0.2) is 23.1 Å². The molecule has 0 fully saturated rings. The van der Waals surface area contributed by atoms with Gasteiger partial charge in [-0.25, -0.2) is 15.5 Å². The molecule has 0 spiro atoms. The molecule has 0 aromatic carbocycles. The number of anilines is 1. The van der Waals surface area contributed by atoms with Crippen molar-refractivity contribution in [2.75, 3.05) is 5.43 Å². The van der Waals surface area contributed by atoms with Gasteiger partial charge in [0, 0.05) is 17.1 Å². The molecule has 0 unspecified atom stereocenters. The number of nitrogens with zero attached hydrogens (tertiary/aromatic N) is 3. The van der Waals surface area contributed by atoms with Crippen LogP contribution in [0.3, 0.4) is 0 Å². The molecule has 7 heteroatoms. The van der Waals surface area contributed by atoms with E-state index in [0.717, 1.165) is 10.6 Å². The van der Waals surface area contributed by atoms with Crippen LogP contribution in [0, 0.1) is 6.92 Å². The fourth-order valence-electron chi connectivity index (χ4n) is 1.26. The van der Waals surface area contributed by atoms with Crippen LogP contribution in [0.1, 0.15) is 10.6 Å². The maximum atomic E-state index is 11.5. The first kappa shape index (κ1) is 10.8. The van der Waals surface area contributed by atoms with E-state index in [1.54, 1.807) is 12.3 Å². The van der Waals surface area contributed by atoms with E-state index in [1.807, 2.05) is 6.92 Å². The van der Waals surface area contributed by atoms with Crippen molar-refractivity contribution in [2.24, 2.45) is 5.84 Å². The molecule has 3 N–H and O–H groups in total. The lowest BCUT2D eigenvalue weighted by Crippen LogP contribution is -2.22. The molecule has 2 heterocycles. The highest BCUT2D eigenvalue weighted by atomic mass is 32.1. The highest BCUT2D eigenvalue weighted by Crippen LogP contribution is 2.16. The molecule has 2 aromatic heterocycles. The number of hydrazine groups is 1. The SMILES string of the molecule is Cc1ccc(=O)n(Cc2cnc(NN)s2)n1. The summed E-state index contributed by atoms with van der Waals surface area (Å²) in [5, 5.41) is 4.76. The van der Waals surface area contributed by atoms with E-state index in [0.29, 0.717) is 11.7 Å². The molecule has 0 aliphatic rings. The molecule has 0 aliphatic heterocycles. The second-order valence-electron chi connectivity index (χ2n) is 3.25. The number of rotatable bonds is 3. The molecular formula is C9H11N5OS. The molecule has 0 aliphatic carbocycles. The van der Waals surface area contributed by atoms with Gasteiger partial charge in [-0.1, -0.05) is 11.3 Å². The Balaban J connectivity index is 2.26. The van der Waals surface area contributed by atoms with Crippen LogP contribution >= 0.6 is 11.3 Å². The van der Waals surface area contributed by atoms with Crippen LogP contribution in [0.4, 0.5) is 5.13 Å². The van der Waals surface area contributed by atoms with Gasteiger partial charge in [-0.05, 0) is 13.0 Å². The minimum Gasteiger partial charge on any atom is -0.300 e. The minimum absolute atomic E-state index is 0.124. The zero-order valence-electron chi connectivity index (χ0n) is 8.67. The molecule has 0 amide bonds. The Hall–Kier alpha value is -1.73. The lowest BCUT2D eigenvalue weighted by Gasteiger charge is -2.01. The number of aryl methyl sites for hydroxylation is 1. The van der Waals surface area contributed by atoms with Gasteiger partial charge in [-0.3, -0.25) is 10.2 Å². The van der Waals surface area contributed by atoms with Crippen LogP contribution < -0.4 is 16.8 Å². The molecule has 0 radical (unpaired) electrons. The lowest BCUT2D eigenvalue weighted by molar-refractivity contribution is 0.634. The summed E-state index contributed by atoms with van der Waals surface area (Å²) in [5.74, 6) is 5.22. The number of nitrogen functional groups attached to an aromatic ring is 1. The van der Waals surface area contributed by atoms with E-state index in [2.05, 4.69) is 15.5 Å². The summed E-state index contributed by atoms with van der Waals surface area (Å²) in [6.45, 7) is 2.26. The summed E-state index contributed by atoms with van der Waals surface area (Å²) < 4.78 is 1.41. The van der Waals surface area contributed by atoms with Gasteiger partial charge in [-0.15, -0.1) is 0 Å². The van der Waals surface area contributed by atoms with Gasteiger partial charge in [0.2, 0.25) is 0 Å². The molecule has 0 atom stereocenters. The topological polar surface area (TPSA) is 85.8 Å². The molecule has 6 nitrogen and oxygen atoms in total.